The van der Waals surface area contributed by atoms with Gasteiger partial charge in [-0.2, -0.15) is 0 Å². The van der Waals surface area contributed by atoms with Crippen LogP contribution in [0, 0.1) is 12.7 Å². The van der Waals surface area contributed by atoms with Crippen molar-refractivity contribution < 1.29 is 33.7 Å². The number of rotatable bonds is 15. The Morgan fingerprint density at radius 2 is 1.66 bits per heavy atom. The maximum absolute atomic E-state index is 13.2. The lowest BCUT2D eigenvalue weighted by molar-refractivity contribution is -0.137. The number of hydrogen-bond acceptors (Lipinski definition) is 4. The standard InChI is InChI=1S/C33H34FNO6/c1-23-20-27(34)13-16-30(23)41-19-3-2-18-40-28-14-10-24(11-15-28)9-12-25-6-4-7-29-33(25)26(21-32(38)39)22-35(29)17-5-8-31(36)37/h4,6-7,9-16,20,22H,2-3,5,8,17-19,21H2,1H3,(H,36,37)(H,38,39)/b12-9+. The highest BCUT2D eigenvalue weighted by Gasteiger charge is 2.14. The molecule has 214 valence electrons. The van der Waals surface area contributed by atoms with Gasteiger partial charge in [-0.15, -0.1) is 0 Å². The van der Waals surface area contributed by atoms with Crippen LogP contribution in [0.15, 0.2) is 66.9 Å². The summed E-state index contributed by atoms with van der Waals surface area (Å²) in [5.41, 5.74) is 4.23. The van der Waals surface area contributed by atoms with Gasteiger partial charge in [0.15, 0.2) is 0 Å². The van der Waals surface area contributed by atoms with Crippen molar-refractivity contribution in [1.29, 1.82) is 0 Å². The Hall–Kier alpha value is -4.59. The van der Waals surface area contributed by atoms with Crippen LogP contribution in [-0.2, 0) is 22.6 Å². The van der Waals surface area contributed by atoms with Gasteiger partial charge in [-0.05, 0) is 84.8 Å². The molecule has 0 amide bonds. The summed E-state index contributed by atoms with van der Waals surface area (Å²) < 4.78 is 26.7. The number of carboxylic acid groups (broad SMARTS) is 2. The number of unbranched alkanes of at least 4 members (excludes halogenated alkanes) is 1. The van der Waals surface area contributed by atoms with Gasteiger partial charge in [0.2, 0.25) is 0 Å². The molecule has 0 saturated heterocycles. The summed E-state index contributed by atoms with van der Waals surface area (Å²) in [5, 5.41) is 19.3. The number of carboxylic acids is 2. The molecule has 0 unspecified atom stereocenters. The molecule has 0 aliphatic carbocycles. The molecule has 0 aliphatic rings. The molecule has 0 saturated carbocycles. The first-order valence-corrected chi connectivity index (χ1v) is 13.6. The number of halogens is 1. The highest BCUT2D eigenvalue weighted by molar-refractivity contribution is 5.96. The van der Waals surface area contributed by atoms with E-state index >= 15 is 0 Å². The average molecular weight is 560 g/mol. The van der Waals surface area contributed by atoms with Crippen LogP contribution in [0.3, 0.4) is 0 Å². The summed E-state index contributed by atoms with van der Waals surface area (Å²) in [6, 6.07) is 18.0. The van der Waals surface area contributed by atoms with E-state index in [-0.39, 0.29) is 18.7 Å². The minimum atomic E-state index is -0.917. The van der Waals surface area contributed by atoms with Crippen molar-refractivity contribution in [3.63, 3.8) is 0 Å². The summed E-state index contributed by atoms with van der Waals surface area (Å²) in [7, 11) is 0. The third kappa shape index (κ3) is 8.45. The van der Waals surface area contributed by atoms with Crippen molar-refractivity contribution in [2.45, 2.75) is 45.6 Å². The summed E-state index contributed by atoms with van der Waals surface area (Å²) in [4.78, 5) is 22.5. The largest absolute Gasteiger partial charge is 0.494 e. The summed E-state index contributed by atoms with van der Waals surface area (Å²) in [6.07, 6.45) is 7.79. The predicted molar refractivity (Wildman–Crippen MR) is 157 cm³/mol. The first-order chi connectivity index (χ1) is 19.8. The zero-order valence-electron chi connectivity index (χ0n) is 23.0. The van der Waals surface area contributed by atoms with E-state index in [9.17, 15) is 19.1 Å². The molecule has 0 spiro atoms. The van der Waals surface area contributed by atoms with Gasteiger partial charge in [0.25, 0.3) is 0 Å². The molecule has 0 atom stereocenters. The number of carbonyl (C=O) groups is 2. The number of benzene rings is 3. The Labute approximate surface area is 238 Å². The van der Waals surface area contributed by atoms with E-state index in [2.05, 4.69) is 0 Å². The predicted octanol–water partition coefficient (Wildman–Crippen LogP) is 6.99. The number of aryl methyl sites for hydroxylation is 2. The molecule has 41 heavy (non-hydrogen) atoms. The zero-order chi connectivity index (χ0) is 29.2. The van der Waals surface area contributed by atoms with Gasteiger partial charge < -0.3 is 24.3 Å². The molecule has 8 heteroatoms. The lowest BCUT2D eigenvalue weighted by Gasteiger charge is -2.10. The van der Waals surface area contributed by atoms with Crippen molar-refractivity contribution in [3.8, 4) is 11.5 Å². The number of aliphatic carboxylic acids is 2. The second-order valence-electron chi connectivity index (χ2n) is 9.87. The van der Waals surface area contributed by atoms with E-state index < -0.39 is 11.9 Å². The summed E-state index contributed by atoms with van der Waals surface area (Å²) in [5.74, 6) is -0.580. The fourth-order valence-corrected chi connectivity index (χ4v) is 4.70. The lowest BCUT2D eigenvalue weighted by Crippen LogP contribution is -2.03. The van der Waals surface area contributed by atoms with Gasteiger partial charge in [-0.25, -0.2) is 4.39 Å². The van der Waals surface area contributed by atoms with Crippen molar-refractivity contribution >= 4 is 35.0 Å². The van der Waals surface area contributed by atoms with Crippen LogP contribution in [0.2, 0.25) is 0 Å². The Bertz CT molecular complexity index is 1520. The monoisotopic (exact) mass is 559 g/mol. The highest BCUT2D eigenvalue weighted by Crippen LogP contribution is 2.28. The first-order valence-electron chi connectivity index (χ1n) is 13.6. The molecular weight excluding hydrogens is 525 g/mol. The number of nitrogens with zero attached hydrogens (tertiary/aromatic N) is 1. The summed E-state index contributed by atoms with van der Waals surface area (Å²) in [6.45, 7) is 3.41. The van der Waals surface area contributed by atoms with Gasteiger partial charge in [0.05, 0.1) is 19.6 Å². The molecule has 4 aromatic rings. The highest BCUT2D eigenvalue weighted by atomic mass is 19.1. The smallest absolute Gasteiger partial charge is 0.307 e. The van der Waals surface area contributed by atoms with Gasteiger partial charge in [-0.1, -0.05) is 36.4 Å². The number of ether oxygens (including phenoxy) is 2. The van der Waals surface area contributed by atoms with E-state index in [0.29, 0.717) is 37.5 Å². The molecule has 0 aliphatic heterocycles. The van der Waals surface area contributed by atoms with Crippen LogP contribution in [-0.4, -0.2) is 39.9 Å². The van der Waals surface area contributed by atoms with E-state index in [4.69, 9.17) is 14.6 Å². The Morgan fingerprint density at radius 1 is 0.902 bits per heavy atom. The third-order valence-corrected chi connectivity index (χ3v) is 6.69. The van der Waals surface area contributed by atoms with E-state index in [1.165, 1.54) is 12.1 Å². The number of aromatic nitrogens is 1. The van der Waals surface area contributed by atoms with E-state index in [0.717, 1.165) is 46.2 Å². The Morgan fingerprint density at radius 3 is 2.37 bits per heavy atom. The van der Waals surface area contributed by atoms with Gasteiger partial charge in [0, 0.05) is 30.1 Å². The molecule has 2 N–H and O–H groups in total. The quantitative estimate of drug-likeness (QED) is 0.120. The molecule has 1 heterocycles. The first kappa shape index (κ1) is 29.4. The second kappa shape index (κ2) is 14.2. The van der Waals surface area contributed by atoms with Crippen LogP contribution in [0.1, 0.15) is 47.9 Å². The Balaban J connectivity index is 1.33. The van der Waals surface area contributed by atoms with Crippen LogP contribution >= 0.6 is 0 Å². The van der Waals surface area contributed by atoms with Crippen LogP contribution in [0.5, 0.6) is 11.5 Å². The summed E-state index contributed by atoms with van der Waals surface area (Å²) >= 11 is 0. The molecule has 4 rings (SSSR count). The maximum atomic E-state index is 13.2. The molecule has 3 aromatic carbocycles. The molecule has 0 radical (unpaired) electrons. The molecule has 7 nitrogen and oxygen atoms in total. The van der Waals surface area contributed by atoms with Gasteiger partial charge >= 0.3 is 11.9 Å². The lowest BCUT2D eigenvalue weighted by atomic mass is 10.0. The fraction of sp³-hybridized carbons (Fsp3) is 0.273. The van der Waals surface area contributed by atoms with Gasteiger partial charge in [-0.3, -0.25) is 9.59 Å². The van der Waals surface area contributed by atoms with Gasteiger partial charge in [0.1, 0.15) is 17.3 Å². The zero-order valence-corrected chi connectivity index (χ0v) is 23.0. The maximum Gasteiger partial charge on any atom is 0.307 e. The van der Waals surface area contributed by atoms with Crippen molar-refractivity contribution in [2.75, 3.05) is 13.2 Å². The number of hydrogen-bond donors (Lipinski definition) is 2. The fourth-order valence-electron chi connectivity index (χ4n) is 4.70. The SMILES string of the molecule is Cc1cc(F)ccc1OCCCCOc1ccc(/C=C/c2cccc3c2c(CC(=O)O)cn3CCCC(=O)O)cc1. The minimum Gasteiger partial charge on any atom is -0.494 e. The van der Waals surface area contributed by atoms with Crippen LogP contribution < -0.4 is 9.47 Å². The van der Waals surface area contributed by atoms with E-state index in [1.54, 1.807) is 6.07 Å². The topological polar surface area (TPSA) is 98.0 Å². The van der Waals surface area contributed by atoms with Crippen molar-refractivity contribution in [1.82, 2.24) is 4.57 Å². The molecular formula is C33H34FNO6. The van der Waals surface area contributed by atoms with E-state index in [1.807, 2.05) is 72.3 Å². The third-order valence-electron chi connectivity index (χ3n) is 6.69. The molecule has 0 bridgehead atoms. The normalized spacial score (nSPS) is 11.3. The Kier molecular flexibility index (Phi) is 10.2. The van der Waals surface area contributed by atoms with Crippen molar-refractivity contribution in [2.24, 2.45) is 0 Å². The average Bonchev–Trinajstić information content (AvgIpc) is 3.28. The number of fused-ring (bicyclic) bond motifs is 1. The minimum absolute atomic E-state index is 0.0545. The second-order valence-corrected chi connectivity index (χ2v) is 9.87. The molecule has 0 fully saturated rings. The van der Waals surface area contributed by atoms with Crippen LogP contribution in [0.4, 0.5) is 4.39 Å². The van der Waals surface area contributed by atoms with Crippen LogP contribution in [0.25, 0.3) is 23.1 Å². The molecule has 1 aromatic heterocycles. The van der Waals surface area contributed by atoms with Crippen molar-refractivity contribution in [3.05, 3.63) is 94.9 Å².